The molecular weight excluding hydrogens is 384 g/mol. The van der Waals surface area contributed by atoms with Crippen LogP contribution in [0.25, 0.3) is 22.6 Å². The number of oxazole rings is 1. The number of halogens is 1. The van der Waals surface area contributed by atoms with Gasteiger partial charge >= 0.3 is 0 Å². The summed E-state index contributed by atoms with van der Waals surface area (Å²) in [5.74, 6) is 0.655. The van der Waals surface area contributed by atoms with E-state index in [0.717, 1.165) is 11.1 Å². The van der Waals surface area contributed by atoms with Gasteiger partial charge in [0.25, 0.3) is 5.91 Å². The van der Waals surface area contributed by atoms with Gasteiger partial charge in [0.2, 0.25) is 5.89 Å². The van der Waals surface area contributed by atoms with Gasteiger partial charge in [-0.2, -0.15) is 0 Å². The van der Waals surface area contributed by atoms with Crippen LogP contribution in [0, 0.1) is 6.92 Å². The molecule has 29 heavy (non-hydrogen) atoms. The first-order valence-corrected chi connectivity index (χ1v) is 9.87. The maximum atomic E-state index is 12.6. The highest BCUT2D eigenvalue weighted by Gasteiger charge is 2.15. The van der Waals surface area contributed by atoms with Crippen molar-refractivity contribution in [1.82, 2.24) is 4.98 Å². The molecule has 146 valence electrons. The molecule has 0 fully saturated rings. The molecular formula is C24H21ClN2O2. The van der Waals surface area contributed by atoms with E-state index in [4.69, 9.17) is 16.0 Å². The molecule has 1 heterocycles. The van der Waals surface area contributed by atoms with E-state index in [9.17, 15) is 4.79 Å². The second kappa shape index (κ2) is 7.72. The Morgan fingerprint density at radius 2 is 1.90 bits per heavy atom. The van der Waals surface area contributed by atoms with E-state index in [1.54, 1.807) is 24.3 Å². The fourth-order valence-electron chi connectivity index (χ4n) is 3.18. The summed E-state index contributed by atoms with van der Waals surface area (Å²) in [6, 6.07) is 18.7. The topological polar surface area (TPSA) is 55.1 Å². The fourth-order valence-corrected chi connectivity index (χ4v) is 3.37. The lowest BCUT2D eigenvalue weighted by atomic mass is 10.0. The number of rotatable bonds is 4. The number of nitrogens with one attached hydrogen (secondary N) is 1. The highest BCUT2D eigenvalue weighted by molar-refractivity contribution is 6.33. The highest BCUT2D eigenvalue weighted by Crippen LogP contribution is 2.33. The predicted octanol–water partition coefficient (Wildman–Crippen LogP) is 6.83. The van der Waals surface area contributed by atoms with Gasteiger partial charge in [-0.15, -0.1) is 0 Å². The van der Waals surface area contributed by atoms with Crippen LogP contribution in [0.2, 0.25) is 5.02 Å². The monoisotopic (exact) mass is 404 g/mol. The first-order valence-electron chi connectivity index (χ1n) is 9.49. The Labute approximate surface area is 174 Å². The number of nitrogens with zero attached hydrogens (tertiary/aromatic N) is 1. The van der Waals surface area contributed by atoms with Gasteiger partial charge in [-0.1, -0.05) is 49.2 Å². The van der Waals surface area contributed by atoms with E-state index in [2.05, 4.69) is 24.1 Å². The van der Waals surface area contributed by atoms with Crippen molar-refractivity contribution in [1.29, 1.82) is 0 Å². The second-order valence-corrected chi connectivity index (χ2v) is 7.83. The Morgan fingerprint density at radius 3 is 2.66 bits per heavy atom. The number of hydrogen-bond donors (Lipinski definition) is 1. The van der Waals surface area contributed by atoms with Crippen LogP contribution in [0.15, 0.2) is 65.1 Å². The van der Waals surface area contributed by atoms with Crippen molar-refractivity contribution in [3.8, 4) is 11.5 Å². The van der Waals surface area contributed by atoms with Crippen LogP contribution in [-0.2, 0) is 0 Å². The molecule has 0 aliphatic rings. The summed E-state index contributed by atoms with van der Waals surface area (Å²) in [6.45, 7) is 6.23. The fraction of sp³-hybridized carbons (Fsp3) is 0.167. The predicted molar refractivity (Wildman–Crippen MR) is 118 cm³/mol. The maximum Gasteiger partial charge on any atom is 0.255 e. The molecule has 5 heteroatoms. The van der Waals surface area contributed by atoms with E-state index in [1.807, 2.05) is 43.3 Å². The van der Waals surface area contributed by atoms with Gasteiger partial charge in [0.1, 0.15) is 5.52 Å². The van der Waals surface area contributed by atoms with Crippen LogP contribution in [-0.4, -0.2) is 10.9 Å². The van der Waals surface area contributed by atoms with Gasteiger partial charge in [0.05, 0.1) is 10.6 Å². The Hall–Kier alpha value is -3.11. The lowest BCUT2D eigenvalue weighted by molar-refractivity contribution is 0.102. The molecule has 1 amide bonds. The summed E-state index contributed by atoms with van der Waals surface area (Å²) in [4.78, 5) is 17.2. The van der Waals surface area contributed by atoms with Gasteiger partial charge in [0.15, 0.2) is 5.58 Å². The second-order valence-electron chi connectivity index (χ2n) is 7.42. The third-order valence-electron chi connectivity index (χ3n) is 4.81. The number of benzene rings is 3. The normalized spacial score (nSPS) is 11.2. The molecule has 1 N–H and O–H groups in total. The van der Waals surface area contributed by atoms with Gasteiger partial charge in [-0.25, -0.2) is 4.98 Å². The number of aryl methyl sites for hydroxylation is 1. The Morgan fingerprint density at radius 1 is 1.07 bits per heavy atom. The number of fused-ring (bicyclic) bond motifs is 1. The zero-order valence-corrected chi connectivity index (χ0v) is 17.2. The number of amides is 1. The molecule has 0 aliphatic carbocycles. The van der Waals surface area contributed by atoms with Crippen LogP contribution in [0.5, 0.6) is 0 Å². The number of carbonyl (C=O) groups excluding carboxylic acids is 1. The zero-order chi connectivity index (χ0) is 20.5. The Bertz CT molecular complexity index is 1210. The summed E-state index contributed by atoms with van der Waals surface area (Å²) < 4.78 is 5.92. The van der Waals surface area contributed by atoms with Gasteiger partial charge in [-0.3, -0.25) is 4.79 Å². The molecule has 0 bridgehead atoms. The van der Waals surface area contributed by atoms with E-state index in [1.165, 1.54) is 5.56 Å². The average Bonchev–Trinajstić information content (AvgIpc) is 3.12. The third-order valence-corrected chi connectivity index (χ3v) is 5.14. The SMILES string of the molecule is Cc1cccc(C(=O)Nc2ccc(Cl)c(-c3nc4cc(C(C)C)ccc4o3)c2)c1. The standard InChI is InChI=1S/C24H21ClN2O2/c1-14(2)16-7-10-22-21(12-16)27-24(29-22)19-13-18(8-9-20(19)25)26-23(28)17-6-4-5-15(3)11-17/h4-14H,1-3H3,(H,26,28). The van der Waals surface area contributed by atoms with Gasteiger partial charge in [-0.05, 0) is 60.9 Å². The van der Waals surface area contributed by atoms with Gasteiger partial charge < -0.3 is 9.73 Å². The minimum atomic E-state index is -0.180. The van der Waals surface area contributed by atoms with Crippen LogP contribution in [0.1, 0.15) is 41.3 Å². The quantitative estimate of drug-likeness (QED) is 0.405. The molecule has 0 radical (unpaired) electrons. The third kappa shape index (κ3) is 4.03. The Kier molecular flexibility index (Phi) is 5.12. The molecule has 4 aromatic rings. The molecule has 0 atom stereocenters. The molecule has 0 unspecified atom stereocenters. The average molecular weight is 405 g/mol. The smallest absolute Gasteiger partial charge is 0.255 e. The molecule has 0 saturated carbocycles. The van der Waals surface area contributed by atoms with Crippen molar-refractivity contribution in [3.05, 3.63) is 82.4 Å². The number of aromatic nitrogens is 1. The number of carbonyl (C=O) groups is 1. The summed E-state index contributed by atoms with van der Waals surface area (Å²) in [6.07, 6.45) is 0. The van der Waals surface area contributed by atoms with Crippen molar-refractivity contribution >= 4 is 34.3 Å². The molecule has 1 aromatic heterocycles. The highest BCUT2D eigenvalue weighted by atomic mass is 35.5. The first kappa shape index (κ1) is 19.2. The van der Waals surface area contributed by atoms with Crippen LogP contribution in [0.4, 0.5) is 5.69 Å². The lowest BCUT2D eigenvalue weighted by Gasteiger charge is -2.08. The summed E-state index contributed by atoms with van der Waals surface area (Å²) in [5, 5.41) is 3.42. The van der Waals surface area contributed by atoms with E-state index < -0.39 is 0 Å². The van der Waals surface area contributed by atoms with Crippen molar-refractivity contribution in [3.63, 3.8) is 0 Å². The van der Waals surface area contributed by atoms with Crippen molar-refractivity contribution in [2.75, 3.05) is 5.32 Å². The molecule has 0 spiro atoms. The zero-order valence-electron chi connectivity index (χ0n) is 16.5. The maximum absolute atomic E-state index is 12.6. The van der Waals surface area contributed by atoms with E-state index in [-0.39, 0.29) is 5.91 Å². The van der Waals surface area contributed by atoms with Crippen LogP contribution >= 0.6 is 11.6 Å². The number of anilines is 1. The molecule has 3 aromatic carbocycles. The summed E-state index contributed by atoms with van der Waals surface area (Å²) >= 11 is 6.40. The summed E-state index contributed by atoms with van der Waals surface area (Å²) in [7, 11) is 0. The van der Waals surface area contributed by atoms with Crippen LogP contribution in [0.3, 0.4) is 0 Å². The van der Waals surface area contributed by atoms with Crippen LogP contribution < -0.4 is 5.32 Å². The number of hydrogen-bond acceptors (Lipinski definition) is 3. The van der Waals surface area contributed by atoms with Crippen molar-refractivity contribution in [2.24, 2.45) is 0 Å². The lowest BCUT2D eigenvalue weighted by Crippen LogP contribution is -2.12. The molecule has 4 rings (SSSR count). The largest absolute Gasteiger partial charge is 0.436 e. The minimum absolute atomic E-state index is 0.180. The van der Waals surface area contributed by atoms with Crippen molar-refractivity contribution in [2.45, 2.75) is 26.7 Å². The van der Waals surface area contributed by atoms with E-state index >= 15 is 0 Å². The van der Waals surface area contributed by atoms with Gasteiger partial charge in [0, 0.05) is 11.3 Å². The molecule has 0 aliphatic heterocycles. The minimum Gasteiger partial charge on any atom is -0.436 e. The molecule has 4 nitrogen and oxygen atoms in total. The van der Waals surface area contributed by atoms with E-state index in [0.29, 0.717) is 39.2 Å². The Balaban J connectivity index is 1.66. The summed E-state index contributed by atoms with van der Waals surface area (Å²) in [5.41, 5.74) is 5.58. The first-order chi connectivity index (χ1) is 13.9. The van der Waals surface area contributed by atoms with Crippen molar-refractivity contribution < 1.29 is 9.21 Å². The molecule has 0 saturated heterocycles.